The van der Waals surface area contributed by atoms with Crippen LogP contribution in [0.2, 0.25) is 0 Å². The van der Waals surface area contributed by atoms with Crippen molar-refractivity contribution in [3.8, 4) is 0 Å². The third-order valence-corrected chi connectivity index (χ3v) is 2.57. The molecule has 0 aromatic rings. The number of carboxylic acid groups (broad SMARTS) is 1. The lowest BCUT2D eigenvalue weighted by molar-refractivity contribution is -0.308. The van der Waals surface area contributed by atoms with Gasteiger partial charge in [0.05, 0.1) is 5.83 Å². The maximum atomic E-state index is 12.4. The van der Waals surface area contributed by atoms with Crippen LogP contribution in [0.3, 0.4) is 0 Å². The number of carboxylic acids is 1. The number of halogens is 1. The van der Waals surface area contributed by atoms with Gasteiger partial charge in [0.1, 0.15) is 0 Å². The summed E-state index contributed by atoms with van der Waals surface area (Å²) in [5.41, 5.74) is -0.341. The summed E-state index contributed by atoms with van der Waals surface area (Å²) in [5, 5.41) is 10.5. The Morgan fingerprint density at radius 3 is 2.33 bits per heavy atom. The van der Waals surface area contributed by atoms with E-state index < -0.39 is 11.9 Å². The highest BCUT2D eigenvalue weighted by molar-refractivity contribution is 5.74. The van der Waals surface area contributed by atoms with Gasteiger partial charge in [-0.15, -0.1) is 0 Å². The number of carbonyl (C=O) groups is 1. The van der Waals surface area contributed by atoms with Crippen LogP contribution in [-0.4, -0.2) is 5.97 Å². The van der Waals surface area contributed by atoms with Crippen molar-refractivity contribution in [2.75, 3.05) is 0 Å². The van der Waals surface area contributed by atoms with Crippen molar-refractivity contribution in [3.05, 3.63) is 11.9 Å². The topological polar surface area (TPSA) is 40.1 Å². The summed E-state index contributed by atoms with van der Waals surface area (Å²) in [6, 6.07) is 0. The highest BCUT2D eigenvalue weighted by atomic mass is 19.1. The second kappa shape index (κ2) is 2.57. The van der Waals surface area contributed by atoms with Crippen LogP contribution in [-0.2, 0) is 4.79 Å². The van der Waals surface area contributed by atoms with Gasteiger partial charge in [-0.05, 0) is 24.3 Å². The predicted octanol–water partition coefficient (Wildman–Crippen LogP) is 0.882. The molecular formula is C9H12FO2-. The lowest BCUT2D eigenvalue weighted by Gasteiger charge is -2.01. The molecular weight excluding hydrogens is 159 g/mol. The normalized spacial score (nSPS) is 33.2. The minimum absolute atomic E-state index is 0.201. The van der Waals surface area contributed by atoms with Gasteiger partial charge >= 0.3 is 0 Å². The van der Waals surface area contributed by atoms with E-state index in [9.17, 15) is 14.3 Å². The largest absolute Gasteiger partial charge is 0.550 e. The molecule has 2 atom stereocenters. The maximum Gasteiger partial charge on any atom is 0.0932 e. The Morgan fingerprint density at radius 2 is 2.08 bits per heavy atom. The Morgan fingerprint density at radius 1 is 1.58 bits per heavy atom. The van der Waals surface area contributed by atoms with E-state index >= 15 is 0 Å². The number of allylic oxidation sites excluding steroid dienone is 2. The van der Waals surface area contributed by atoms with E-state index in [1.807, 2.05) is 0 Å². The van der Waals surface area contributed by atoms with E-state index in [2.05, 4.69) is 0 Å². The fraction of sp³-hybridized carbons (Fsp3) is 0.667. The Hall–Kier alpha value is -0.860. The van der Waals surface area contributed by atoms with Crippen LogP contribution in [0, 0.1) is 17.3 Å². The maximum absolute atomic E-state index is 12.4. The molecule has 2 unspecified atom stereocenters. The van der Waals surface area contributed by atoms with Crippen molar-refractivity contribution < 1.29 is 14.3 Å². The molecule has 1 saturated carbocycles. The molecule has 68 valence electrons. The van der Waals surface area contributed by atoms with Gasteiger partial charge in [0.2, 0.25) is 0 Å². The molecule has 0 spiro atoms. The summed E-state index contributed by atoms with van der Waals surface area (Å²) in [6.45, 7) is 4.93. The van der Waals surface area contributed by atoms with E-state index in [1.165, 1.54) is 13.0 Å². The molecule has 3 heteroatoms. The zero-order valence-electron chi connectivity index (χ0n) is 7.43. The average Bonchev–Trinajstić information content (AvgIpc) is 2.32. The monoisotopic (exact) mass is 171 g/mol. The zero-order chi connectivity index (χ0) is 9.52. The summed E-state index contributed by atoms with van der Waals surface area (Å²) in [4.78, 5) is 10.5. The first kappa shape index (κ1) is 9.23. The molecule has 0 radical (unpaired) electrons. The first-order chi connectivity index (χ1) is 5.37. The second-order valence-corrected chi connectivity index (χ2v) is 3.90. The minimum Gasteiger partial charge on any atom is -0.550 e. The van der Waals surface area contributed by atoms with E-state index in [1.54, 1.807) is 13.8 Å². The molecule has 0 aliphatic heterocycles. The molecule has 0 aromatic carbocycles. The number of rotatable bonds is 2. The minimum atomic E-state index is -1.08. The SMILES string of the molecule is C/C(F)=C\C1C(C(=O)[O-])C1(C)C. The van der Waals surface area contributed by atoms with E-state index in [0.717, 1.165) is 0 Å². The Kier molecular flexibility index (Phi) is 1.98. The van der Waals surface area contributed by atoms with Crippen molar-refractivity contribution in [2.45, 2.75) is 20.8 Å². The highest BCUT2D eigenvalue weighted by Crippen LogP contribution is 2.58. The molecule has 1 aliphatic carbocycles. The van der Waals surface area contributed by atoms with Gasteiger partial charge in [0.15, 0.2) is 0 Å². The molecule has 12 heavy (non-hydrogen) atoms. The summed E-state index contributed by atoms with van der Waals surface area (Å²) in [5.74, 6) is -2.13. The van der Waals surface area contributed by atoms with Gasteiger partial charge in [0.25, 0.3) is 0 Å². The first-order valence-electron chi connectivity index (χ1n) is 3.92. The lowest BCUT2D eigenvalue weighted by atomic mass is 10.1. The number of hydrogen-bond donors (Lipinski definition) is 0. The van der Waals surface area contributed by atoms with Crippen LogP contribution in [0.5, 0.6) is 0 Å². The van der Waals surface area contributed by atoms with Crippen LogP contribution in [0.1, 0.15) is 20.8 Å². The first-order valence-corrected chi connectivity index (χ1v) is 3.92. The van der Waals surface area contributed by atoms with Gasteiger partial charge in [-0.3, -0.25) is 0 Å². The fourth-order valence-electron chi connectivity index (χ4n) is 1.69. The van der Waals surface area contributed by atoms with E-state index in [-0.39, 0.29) is 17.2 Å². The van der Waals surface area contributed by atoms with E-state index in [0.29, 0.717) is 0 Å². The molecule has 0 N–H and O–H groups in total. The lowest BCUT2D eigenvalue weighted by Crippen LogP contribution is -2.26. The molecule has 1 fully saturated rings. The highest BCUT2D eigenvalue weighted by Gasteiger charge is 2.57. The summed E-state index contributed by atoms with van der Waals surface area (Å²) >= 11 is 0. The molecule has 1 rings (SSSR count). The third-order valence-electron chi connectivity index (χ3n) is 2.57. The second-order valence-electron chi connectivity index (χ2n) is 3.90. The summed E-state index contributed by atoms with van der Waals surface area (Å²) < 4.78 is 12.4. The van der Waals surface area contributed by atoms with Gasteiger partial charge < -0.3 is 9.90 Å². The summed E-state index contributed by atoms with van der Waals surface area (Å²) in [6.07, 6.45) is 1.36. The Bertz CT molecular complexity index is 239. The van der Waals surface area contributed by atoms with Gasteiger partial charge in [0, 0.05) is 11.9 Å². The van der Waals surface area contributed by atoms with Crippen molar-refractivity contribution in [3.63, 3.8) is 0 Å². The fourth-order valence-corrected chi connectivity index (χ4v) is 1.69. The van der Waals surface area contributed by atoms with Crippen molar-refractivity contribution in [2.24, 2.45) is 17.3 Å². The Labute approximate surface area is 71.1 Å². The number of carbonyl (C=O) groups excluding carboxylic acids is 1. The average molecular weight is 171 g/mol. The molecule has 0 bridgehead atoms. The smallest absolute Gasteiger partial charge is 0.0932 e. The molecule has 1 aliphatic rings. The van der Waals surface area contributed by atoms with Crippen LogP contribution in [0.25, 0.3) is 0 Å². The van der Waals surface area contributed by atoms with Crippen molar-refractivity contribution in [1.82, 2.24) is 0 Å². The molecule has 2 nitrogen and oxygen atoms in total. The van der Waals surface area contributed by atoms with Gasteiger partial charge in [-0.1, -0.05) is 13.8 Å². The van der Waals surface area contributed by atoms with Crippen molar-refractivity contribution in [1.29, 1.82) is 0 Å². The molecule has 0 heterocycles. The van der Waals surface area contributed by atoms with Gasteiger partial charge in [-0.2, -0.15) is 0 Å². The molecule has 0 amide bonds. The van der Waals surface area contributed by atoms with Crippen molar-refractivity contribution >= 4 is 5.97 Å². The standard InChI is InChI=1S/C9H13FO2/c1-5(10)4-6-7(8(11)12)9(6,2)3/h4,6-7H,1-3H3,(H,11,12)/p-1/b5-4+. The molecule has 0 saturated heterocycles. The van der Waals surface area contributed by atoms with E-state index in [4.69, 9.17) is 0 Å². The van der Waals surface area contributed by atoms with Crippen LogP contribution < -0.4 is 5.11 Å². The summed E-state index contributed by atoms with van der Waals surface area (Å²) in [7, 11) is 0. The number of hydrogen-bond acceptors (Lipinski definition) is 2. The van der Waals surface area contributed by atoms with Gasteiger partial charge in [-0.25, -0.2) is 4.39 Å². The zero-order valence-corrected chi connectivity index (χ0v) is 7.43. The van der Waals surface area contributed by atoms with Crippen LogP contribution >= 0.6 is 0 Å². The Balaban J connectivity index is 2.73. The van der Waals surface area contributed by atoms with Crippen LogP contribution in [0.15, 0.2) is 11.9 Å². The predicted molar refractivity (Wildman–Crippen MR) is 40.6 cm³/mol. The quantitative estimate of drug-likeness (QED) is 0.618. The molecule has 0 aromatic heterocycles. The third kappa shape index (κ3) is 1.36. The number of aliphatic carboxylic acids is 1. The van der Waals surface area contributed by atoms with Crippen LogP contribution in [0.4, 0.5) is 4.39 Å².